The van der Waals surface area contributed by atoms with Gasteiger partial charge in [0.15, 0.2) is 23.7 Å². The van der Waals surface area contributed by atoms with Crippen molar-refractivity contribution in [2.45, 2.75) is 64.8 Å². The average molecular weight is 565 g/mol. The molecule has 212 valence electrons. The maximum atomic E-state index is 13.6. The number of methoxy groups -OCH3 is 2. The van der Waals surface area contributed by atoms with Crippen molar-refractivity contribution in [2.24, 2.45) is 10.9 Å². The topological polar surface area (TPSA) is 156 Å². The highest BCUT2D eigenvalue weighted by molar-refractivity contribution is 6.36. The van der Waals surface area contributed by atoms with E-state index in [0.29, 0.717) is 36.4 Å². The summed E-state index contributed by atoms with van der Waals surface area (Å²) in [5, 5.41) is 14.1. The fourth-order valence-corrected chi connectivity index (χ4v) is 4.46. The number of amidine groups is 1. The van der Waals surface area contributed by atoms with Gasteiger partial charge in [0.05, 0.1) is 30.6 Å². The zero-order valence-electron chi connectivity index (χ0n) is 22.4. The van der Waals surface area contributed by atoms with Crippen LogP contribution in [0.4, 0.5) is 0 Å². The summed E-state index contributed by atoms with van der Waals surface area (Å²) in [5.74, 6) is -2.31. The van der Waals surface area contributed by atoms with Gasteiger partial charge in [-0.15, -0.1) is 0 Å². The van der Waals surface area contributed by atoms with Crippen LogP contribution >= 0.6 is 11.6 Å². The Hall–Kier alpha value is -3.41. The number of aromatic hydroxyl groups is 1. The largest absolute Gasteiger partial charge is 0.505 e. The average Bonchev–Trinajstić information content (AvgIpc) is 2.91. The molecule has 0 radical (unpaired) electrons. The van der Waals surface area contributed by atoms with Gasteiger partial charge in [0.2, 0.25) is 0 Å². The number of carbonyl (C=O) groups excluding carboxylic acids is 3. The standard InChI is InChI=1S/C27H33ClN2O9/c1-14-11-16(31)12-17(35-3)8-9-18(14)24(32)22-20(36-4)13-19(23(28)25(22)33)27(34)39-30-26(29)15(2)38-21-7-5-6-10-37-21/h12-13,15,21,33H,5-11H2,1-4H3,(H2,29,30)/b17-12+,18-14+. The lowest BCUT2D eigenvalue weighted by molar-refractivity contribution is -0.171. The number of nitrogens with zero attached hydrogens (tertiary/aromatic N) is 1. The maximum absolute atomic E-state index is 13.6. The fraction of sp³-hybridized carbons (Fsp3) is 0.481. The molecule has 3 N–H and O–H groups in total. The summed E-state index contributed by atoms with van der Waals surface area (Å²) in [6.45, 7) is 3.89. The van der Waals surface area contributed by atoms with Gasteiger partial charge in [-0.1, -0.05) is 22.3 Å². The van der Waals surface area contributed by atoms with Crippen molar-refractivity contribution < 1.29 is 43.3 Å². The normalized spacial score (nSPS) is 22.7. The van der Waals surface area contributed by atoms with Crippen molar-refractivity contribution >= 4 is 35.0 Å². The SMILES string of the molecule is CO/C1=C/C(=O)C/C(C)=C(/C(=O)c2c(OC)cc(C(=O)O/N=C(\N)C(C)OC3CCCCO3)c(Cl)c2O)CC1. The van der Waals surface area contributed by atoms with Gasteiger partial charge in [0.1, 0.15) is 23.2 Å². The molecule has 11 nitrogen and oxygen atoms in total. The van der Waals surface area contributed by atoms with E-state index in [1.807, 2.05) is 0 Å². The van der Waals surface area contributed by atoms with E-state index in [4.69, 9.17) is 41.1 Å². The summed E-state index contributed by atoms with van der Waals surface area (Å²) >= 11 is 6.30. The van der Waals surface area contributed by atoms with E-state index < -0.39 is 34.9 Å². The first-order valence-corrected chi connectivity index (χ1v) is 12.9. The second-order valence-corrected chi connectivity index (χ2v) is 9.56. The van der Waals surface area contributed by atoms with Gasteiger partial charge in [-0.05, 0) is 45.6 Å². The van der Waals surface area contributed by atoms with Gasteiger partial charge in [-0.2, -0.15) is 0 Å². The molecule has 1 saturated heterocycles. The molecule has 1 heterocycles. The third-order valence-electron chi connectivity index (χ3n) is 6.45. The lowest BCUT2D eigenvalue weighted by atomic mass is 9.89. The summed E-state index contributed by atoms with van der Waals surface area (Å²) in [6.07, 6.45) is 3.49. The Labute approximate surface area is 231 Å². The molecule has 1 fully saturated rings. The summed E-state index contributed by atoms with van der Waals surface area (Å²) in [6, 6.07) is 1.17. The Morgan fingerprint density at radius 2 is 1.97 bits per heavy atom. The highest BCUT2D eigenvalue weighted by atomic mass is 35.5. The second kappa shape index (κ2) is 13.6. The predicted octanol–water partition coefficient (Wildman–Crippen LogP) is 4.20. The van der Waals surface area contributed by atoms with Crippen LogP contribution in [0.5, 0.6) is 11.5 Å². The minimum Gasteiger partial charge on any atom is -0.505 e. The Balaban J connectivity index is 1.83. The van der Waals surface area contributed by atoms with E-state index in [1.54, 1.807) is 13.8 Å². The number of ketones is 2. The van der Waals surface area contributed by atoms with E-state index in [9.17, 15) is 19.5 Å². The number of nitrogens with two attached hydrogens (primary N) is 1. The number of oxime groups is 1. The Morgan fingerprint density at radius 1 is 1.23 bits per heavy atom. The summed E-state index contributed by atoms with van der Waals surface area (Å²) in [5.41, 5.74) is 6.19. The number of hydrogen-bond donors (Lipinski definition) is 2. The van der Waals surface area contributed by atoms with Gasteiger partial charge in [-0.3, -0.25) is 9.59 Å². The number of halogens is 1. The molecule has 0 spiro atoms. The summed E-state index contributed by atoms with van der Waals surface area (Å²) in [4.78, 5) is 43.5. The molecule has 2 unspecified atom stereocenters. The lowest BCUT2D eigenvalue weighted by Crippen LogP contribution is -2.35. The molecule has 0 bridgehead atoms. The molecule has 2 aliphatic rings. The third kappa shape index (κ3) is 7.37. The first-order chi connectivity index (χ1) is 18.6. The Bertz CT molecular complexity index is 1220. The second-order valence-electron chi connectivity index (χ2n) is 9.18. The molecular weight excluding hydrogens is 532 g/mol. The van der Waals surface area contributed by atoms with Crippen molar-refractivity contribution in [1.29, 1.82) is 0 Å². The summed E-state index contributed by atoms with van der Waals surface area (Å²) in [7, 11) is 2.72. The monoisotopic (exact) mass is 564 g/mol. The van der Waals surface area contributed by atoms with Gasteiger partial charge in [0, 0.05) is 31.1 Å². The first-order valence-electron chi connectivity index (χ1n) is 12.5. The van der Waals surface area contributed by atoms with Crippen molar-refractivity contribution in [1.82, 2.24) is 0 Å². The molecule has 0 aromatic heterocycles. The maximum Gasteiger partial charge on any atom is 0.367 e. The highest BCUT2D eigenvalue weighted by Gasteiger charge is 2.30. The van der Waals surface area contributed by atoms with E-state index >= 15 is 0 Å². The van der Waals surface area contributed by atoms with Gasteiger partial charge in [0.25, 0.3) is 0 Å². The van der Waals surface area contributed by atoms with Crippen LogP contribution in [0.3, 0.4) is 0 Å². The van der Waals surface area contributed by atoms with Crippen molar-refractivity contribution in [3.63, 3.8) is 0 Å². The van der Waals surface area contributed by atoms with Crippen molar-refractivity contribution in [2.75, 3.05) is 20.8 Å². The van der Waals surface area contributed by atoms with E-state index in [1.165, 1.54) is 26.4 Å². The van der Waals surface area contributed by atoms with Gasteiger partial charge < -0.3 is 34.6 Å². The number of allylic oxidation sites excluding steroid dienone is 4. The number of hydrogen-bond acceptors (Lipinski definition) is 10. The molecule has 39 heavy (non-hydrogen) atoms. The van der Waals surface area contributed by atoms with Crippen LogP contribution in [0, 0.1) is 0 Å². The molecule has 1 aliphatic heterocycles. The molecule has 0 saturated carbocycles. The zero-order chi connectivity index (χ0) is 28.7. The number of Topliss-reactive ketones (excluding diaryl/α,β-unsaturated/α-hetero) is 1. The predicted molar refractivity (Wildman–Crippen MR) is 142 cm³/mol. The van der Waals surface area contributed by atoms with Crippen LogP contribution in [-0.2, 0) is 23.8 Å². The van der Waals surface area contributed by atoms with E-state index in [2.05, 4.69) is 5.16 Å². The quantitative estimate of drug-likeness (QED) is 0.146. The minimum atomic E-state index is -1.04. The van der Waals surface area contributed by atoms with Crippen LogP contribution in [0.2, 0.25) is 5.02 Å². The van der Waals surface area contributed by atoms with Crippen LogP contribution in [0.1, 0.15) is 73.1 Å². The minimum absolute atomic E-state index is 0.00356. The molecule has 12 heteroatoms. The van der Waals surface area contributed by atoms with Crippen molar-refractivity contribution in [3.05, 3.63) is 45.2 Å². The summed E-state index contributed by atoms with van der Waals surface area (Å²) < 4.78 is 21.7. The number of benzene rings is 1. The zero-order valence-corrected chi connectivity index (χ0v) is 23.1. The number of carbonyl (C=O) groups is 3. The number of phenols is 1. The third-order valence-corrected chi connectivity index (χ3v) is 6.83. The van der Waals surface area contributed by atoms with Crippen molar-refractivity contribution in [3.8, 4) is 11.5 Å². The van der Waals surface area contributed by atoms with Crippen LogP contribution < -0.4 is 10.5 Å². The van der Waals surface area contributed by atoms with Crippen LogP contribution in [-0.4, -0.2) is 61.7 Å². The Morgan fingerprint density at radius 3 is 2.62 bits per heavy atom. The molecule has 1 aromatic carbocycles. The lowest BCUT2D eigenvalue weighted by Gasteiger charge is -2.25. The van der Waals surface area contributed by atoms with Gasteiger partial charge in [-0.25, -0.2) is 4.79 Å². The number of phenolic OH excluding ortho intramolecular Hbond substituents is 1. The molecule has 3 rings (SSSR count). The number of rotatable bonds is 9. The number of ether oxygens (including phenoxy) is 4. The van der Waals surface area contributed by atoms with E-state index in [-0.39, 0.29) is 41.3 Å². The molecule has 1 aromatic rings. The smallest absolute Gasteiger partial charge is 0.367 e. The molecule has 0 amide bonds. The first kappa shape index (κ1) is 30.1. The van der Waals surface area contributed by atoms with Gasteiger partial charge >= 0.3 is 5.97 Å². The fourth-order valence-electron chi connectivity index (χ4n) is 4.23. The van der Waals surface area contributed by atoms with Crippen LogP contribution in [0.15, 0.2) is 34.2 Å². The molecule has 1 aliphatic carbocycles. The van der Waals surface area contributed by atoms with Crippen LogP contribution in [0.25, 0.3) is 0 Å². The highest BCUT2D eigenvalue weighted by Crippen LogP contribution is 2.40. The van der Waals surface area contributed by atoms with E-state index in [0.717, 1.165) is 12.8 Å². The molecule has 2 atom stereocenters. The Kier molecular flexibility index (Phi) is 10.5. The molecular formula is C27H33ClN2O9.